The zero-order valence-corrected chi connectivity index (χ0v) is 13.8. The number of para-hydroxylation sites is 1. The highest BCUT2D eigenvalue weighted by Gasteiger charge is 2.15. The molecule has 24 heavy (non-hydrogen) atoms. The number of aryl methyl sites for hydroxylation is 1. The first-order valence-corrected chi connectivity index (χ1v) is 7.76. The fraction of sp³-hybridized carbons (Fsp3) is 0.0500. The number of esters is 1. The van der Waals surface area contributed by atoms with Crippen molar-refractivity contribution < 1.29 is 14.3 Å². The Balaban J connectivity index is 2.16. The number of carbonyl (C=O) groups is 1. The molecular formula is C20H15ClO3. The summed E-state index contributed by atoms with van der Waals surface area (Å²) in [4.78, 5) is 11.6. The lowest BCUT2D eigenvalue weighted by atomic mass is 10.0. The van der Waals surface area contributed by atoms with E-state index in [1.807, 2.05) is 49.4 Å². The van der Waals surface area contributed by atoms with Crippen molar-refractivity contribution in [1.29, 1.82) is 0 Å². The van der Waals surface area contributed by atoms with Gasteiger partial charge in [0, 0.05) is 21.9 Å². The van der Waals surface area contributed by atoms with Gasteiger partial charge in [0.1, 0.15) is 17.2 Å². The summed E-state index contributed by atoms with van der Waals surface area (Å²) < 4.78 is 11.4. The van der Waals surface area contributed by atoms with E-state index in [1.165, 1.54) is 0 Å². The number of ether oxygens (including phenoxy) is 2. The fourth-order valence-corrected chi connectivity index (χ4v) is 2.62. The molecule has 3 aromatic rings. The number of halogens is 1. The molecular weight excluding hydrogens is 324 g/mol. The smallest absolute Gasteiger partial charge is 0.335 e. The van der Waals surface area contributed by atoms with Crippen LogP contribution in [0.4, 0.5) is 0 Å². The van der Waals surface area contributed by atoms with E-state index in [-0.39, 0.29) is 0 Å². The maximum atomic E-state index is 11.6. The molecule has 0 aliphatic rings. The molecule has 0 saturated carbocycles. The van der Waals surface area contributed by atoms with Gasteiger partial charge in [-0.3, -0.25) is 0 Å². The zero-order valence-electron chi connectivity index (χ0n) is 13.1. The second-order valence-electron chi connectivity index (χ2n) is 5.25. The van der Waals surface area contributed by atoms with Crippen molar-refractivity contribution in [3.8, 4) is 17.2 Å². The van der Waals surface area contributed by atoms with Gasteiger partial charge in [-0.2, -0.15) is 0 Å². The first-order valence-electron chi connectivity index (χ1n) is 7.38. The van der Waals surface area contributed by atoms with Gasteiger partial charge in [-0.05, 0) is 48.9 Å². The van der Waals surface area contributed by atoms with Crippen molar-refractivity contribution in [2.75, 3.05) is 0 Å². The standard InChI is InChI=1S/C20H15ClO3/c1-3-19(22)24-20-13(2)11-18(23-15-7-5-4-6-8-15)17-12-14(21)9-10-16(17)20/h3-12H,1H2,2H3. The summed E-state index contributed by atoms with van der Waals surface area (Å²) in [5.41, 5.74) is 0.783. The van der Waals surface area contributed by atoms with Crippen molar-refractivity contribution in [2.24, 2.45) is 0 Å². The Bertz CT molecular complexity index is 917. The number of hydrogen-bond donors (Lipinski definition) is 0. The molecule has 0 aliphatic heterocycles. The number of carbonyl (C=O) groups excluding carboxylic acids is 1. The van der Waals surface area contributed by atoms with E-state index in [1.54, 1.807) is 12.1 Å². The van der Waals surface area contributed by atoms with Crippen molar-refractivity contribution >= 4 is 28.3 Å². The normalized spacial score (nSPS) is 10.4. The van der Waals surface area contributed by atoms with Gasteiger partial charge in [0.15, 0.2) is 0 Å². The quantitative estimate of drug-likeness (QED) is 0.348. The van der Waals surface area contributed by atoms with Gasteiger partial charge in [0.2, 0.25) is 0 Å². The van der Waals surface area contributed by atoms with Crippen LogP contribution in [0.5, 0.6) is 17.2 Å². The molecule has 0 unspecified atom stereocenters. The molecule has 0 saturated heterocycles. The minimum Gasteiger partial charge on any atom is -0.457 e. The fourth-order valence-electron chi connectivity index (χ4n) is 2.45. The molecule has 3 rings (SSSR count). The molecule has 0 bridgehead atoms. The highest BCUT2D eigenvalue weighted by Crippen LogP contribution is 2.39. The van der Waals surface area contributed by atoms with E-state index in [0.29, 0.717) is 22.3 Å². The number of rotatable bonds is 4. The van der Waals surface area contributed by atoms with Gasteiger partial charge in [-0.25, -0.2) is 4.79 Å². The van der Waals surface area contributed by atoms with Gasteiger partial charge in [-0.15, -0.1) is 0 Å². The van der Waals surface area contributed by atoms with Crippen LogP contribution in [0.15, 0.2) is 67.3 Å². The summed E-state index contributed by atoms with van der Waals surface area (Å²) in [6, 6.07) is 16.7. The SMILES string of the molecule is C=CC(=O)Oc1c(C)cc(Oc2ccccc2)c2cc(Cl)ccc12. The molecule has 0 radical (unpaired) electrons. The Labute approximate surface area is 145 Å². The van der Waals surface area contributed by atoms with Crippen LogP contribution in [-0.2, 0) is 4.79 Å². The minimum atomic E-state index is -0.508. The third-order valence-corrected chi connectivity index (χ3v) is 3.77. The second-order valence-corrected chi connectivity index (χ2v) is 5.69. The highest BCUT2D eigenvalue weighted by atomic mass is 35.5. The Kier molecular flexibility index (Phi) is 4.54. The largest absolute Gasteiger partial charge is 0.457 e. The zero-order chi connectivity index (χ0) is 17.1. The lowest BCUT2D eigenvalue weighted by Crippen LogP contribution is -2.05. The van der Waals surface area contributed by atoms with Crippen LogP contribution in [-0.4, -0.2) is 5.97 Å². The summed E-state index contributed by atoms with van der Waals surface area (Å²) in [6.07, 6.45) is 1.13. The summed E-state index contributed by atoms with van der Waals surface area (Å²) in [5, 5.41) is 2.09. The molecule has 120 valence electrons. The van der Waals surface area contributed by atoms with Gasteiger partial charge in [-0.1, -0.05) is 36.4 Å². The topological polar surface area (TPSA) is 35.5 Å². The first-order chi connectivity index (χ1) is 11.6. The average molecular weight is 339 g/mol. The van der Waals surface area contributed by atoms with Crippen LogP contribution < -0.4 is 9.47 Å². The van der Waals surface area contributed by atoms with E-state index in [9.17, 15) is 4.79 Å². The number of fused-ring (bicyclic) bond motifs is 1. The number of benzene rings is 3. The molecule has 0 aliphatic carbocycles. The molecule has 0 heterocycles. The van der Waals surface area contributed by atoms with Crippen LogP contribution in [0.2, 0.25) is 5.02 Å². The van der Waals surface area contributed by atoms with E-state index in [2.05, 4.69) is 6.58 Å². The van der Waals surface area contributed by atoms with Crippen molar-refractivity contribution in [3.63, 3.8) is 0 Å². The molecule has 0 fully saturated rings. The summed E-state index contributed by atoms with van der Waals surface area (Å²) in [7, 11) is 0. The third-order valence-electron chi connectivity index (χ3n) is 3.54. The van der Waals surface area contributed by atoms with Gasteiger partial charge in [0.05, 0.1) is 0 Å². The predicted molar refractivity (Wildman–Crippen MR) is 96.0 cm³/mol. The van der Waals surface area contributed by atoms with Gasteiger partial charge >= 0.3 is 5.97 Å². The second kappa shape index (κ2) is 6.77. The Morgan fingerprint density at radius 2 is 1.83 bits per heavy atom. The van der Waals surface area contributed by atoms with Crippen LogP contribution in [0, 0.1) is 6.92 Å². The van der Waals surface area contributed by atoms with Crippen molar-refractivity contribution in [2.45, 2.75) is 6.92 Å². The summed E-state index contributed by atoms with van der Waals surface area (Å²) >= 11 is 6.14. The predicted octanol–water partition coefficient (Wildman–Crippen LogP) is 5.69. The molecule has 0 N–H and O–H groups in total. The minimum absolute atomic E-state index is 0.479. The molecule has 4 heteroatoms. The van der Waals surface area contributed by atoms with Crippen molar-refractivity contribution in [1.82, 2.24) is 0 Å². The Hall–Kier alpha value is -2.78. The third kappa shape index (κ3) is 3.26. The Morgan fingerprint density at radius 3 is 2.54 bits per heavy atom. The maximum absolute atomic E-state index is 11.6. The van der Waals surface area contributed by atoms with E-state index in [4.69, 9.17) is 21.1 Å². The average Bonchev–Trinajstić information content (AvgIpc) is 2.59. The van der Waals surface area contributed by atoms with E-state index < -0.39 is 5.97 Å². The lowest BCUT2D eigenvalue weighted by molar-refractivity contribution is -0.128. The first kappa shape index (κ1) is 16.1. The molecule has 0 atom stereocenters. The van der Waals surface area contributed by atoms with Crippen LogP contribution in [0.1, 0.15) is 5.56 Å². The molecule has 3 nitrogen and oxygen atoms in total. The monoisotopic (exact) mass is 338 g/mol. The van der Waals surface area contributed by atoms with Crippen molar-refractivity contribution in [3.05, 3.63) is 77.8 Å². The van der Waals surface area contributed by atoms with Crippen LogP contribution in [0.3, 0.4) is 0 Å². The molecule has 0 amide bonds. The summed E-state index contributed by atoms with van der Waals surface area (Å²) in [6.45, 7) is 5.29. The molecule has 0 aromatic heterocycles. The molecule has 3 aromatic carbocycles. The van der Waals surface area contributed by atoms with Gasteiger partial charge in [0.25, 0.3) is 0 Å². The van der Waals surface area contributed by atoms with Gasteiger partial charge < -0.3 is 9.47 Å². The van der Waals surface area contributed by atoms with E-state index in [0.717, 1.165) is 22.4 Å². The van der Waals surface area contributed by atoms with Crippen LogP contribution in [0.25, 0.3) is 10.8 Å². The van der Waals surface area contributed by atoms with Crippen LogP contribution >= 0.6 is 11.6 Å². The Morgan fingerprint density at radius 1 is 1.08 bits per heavy atom. The lowest BCUT2D eigenvalue weighted by Gasteiger charge is -2.15. The maximum Gasteiger partial charge on any atom is 0.335 e. The summed E-state index contributed by atoms with van der Waals surface area (Å²) in [5.74, 6) is 1.33. The molecule has 0 spiro atoms. The van der Waals surface area contributed by atoms with E-state index >= 15 is 0 Å². The highest BCUT2D eigenvalue weighted by molar-refractivity contribution is 6.31. The number of hydrogen-bond acceptors (Lipinski definition) is 3.